The number of thiophene rings is 1. The maximum absolute atomic E-state index is 12.9. The molecule has 152 valence electrons. The van der Waals surface area contributed by atoms with Crippen LogP contribution in [0.5, 0.6) is 0 Å². The van der Waals surface area contributed by atoms with E-state index in [9.17, 15) is 4.79 Å². The van der Waals surface area contributed by atoms with Gasteiger partial charge in [-0.25, -0.2) is 4.98 Å². The summed E-state index contributed by atoms with van der Waals surface area (Å²) in [6.07, 6.45) is 2.53. The van der Waals surface area contributed by atoms with E-state index in [1.54, 1.807) is 6.26 Å². The Morgan fingerprint density at radius 2 is 2.10 bits per heavy atom. The number of nitrogens with zero attached hydrogens (tertiary/aromatic N) is 2. The number of nitrogens with one attached hydrogen (secondary N) is 1. The standard InChI is InChI=1S/C23H22N4O2S/c1-27-10-9-16-15(13-27)18(17-8-5-11-29-17)19-20(24)21(30-23(19)26-16)22(28)25-12-14-6-3-2-4-7-14/h2-8,11H,9-10,12-13,24H2,1H3,(H,25,28). The van der Waals surface area contributed by atoms with Crippen molar-refractivity contribution in [2.45, 2.75) is 19.5 Å². The predicted molar refractivity (Wildman–Crippen MR) is 119 cm³/mol. The number of amides is 1. The first-order chi connectivity index (χ1) is 14.6. The molecule has 0 radical (unpaired) electrons. The van der Waals surface area contributed by atoms with E-state index in [0.29, 0.717) is 17.1 Å². The van der Waals surface area contributed by atoms with Crippen molar-refractivity contribution in [1.82, 2.24) is 15.2 Å². The molecule has 0 saturated carbocycles. The maximum atomic E-state index is 12.9. The minimum absolute atomic E-state index is 0.181. The molecule has 3 N–H and O–H groups in total. The number of carbonyl (C=O) groups is 1. The van der Waals surface area contributed by atoms with Crippen LogP contribution in [-0.2, 0) is 19.5 Å². The molecule has 6 nitrogen and oxygen atoms in total. The molecule has 0 bridgehead atoms. The molecule has 0 spiro atoms. The number of carbonyl (C=O) groups excluding carboxylic acids is 1. The Hall–Kier alpha value is -3.16. The largest absolute Gasteiger partial charge is 0.464 e. The van der Waals surface area contributed by atoms with Gasteiger partial charge in [-0.1, -0.05) is 30.3 Å². The number of nitrogen functional groups attached to an aromatic ring is 1. The second kappa shape index (κ2) is 7.59. The molecule has 0 saturated heterocycles. The van der Waals surface area contributed by atoms with E-state index in [1.807, 2.05) is 42.5 Å². The fraction of sp³-hybridized carbons (Fsp3) is 0.217. The Labute approximate surface area is 178 Å². The van der Waals surface area contributed by atoms with Crippen molar-refractivity contribution >= 4 is 33.1 Å². The molecular formula is C23H22N4O2S. The van der Waals surface area contributed by atoms with Crippen LogP contribution >= 0.6 is 11.3 Å². The number of likely N-dealkylation sites (N-methyl/N-ethyl adjacent to an activating group) is 1. The number of fused-ring (bicyclic) bond motifs is 2. The number of furan rings is 1. The Balaban J connectivity index is 1.60. The van der Waals surface area contributed by atoms with Gasteiger partial charge < -0.3 is 20.4 Å². The van der Waals surface area contributed by atoms with E-state index in [4.69, 9.17) is 15.1 Å². The lowest BCUT2D eigenvalue weighted by Crippen LogP contribution is -2.27. The first kappa shape index (κ1) is 18.8. The summed E-state index contributed by atoms with van der Waals surface area (Å²) < 4.78 is 5.76. The first-order valence-corrected chi connectivity index (χ1v) is 10.7. The average molecular weight is 419 g/mol. The molecule has 3 aromatic heterocycles. The minimum atomic E-state index is -0.181. The Kier molecular flexibility index (Phi) is 4.77. The Morgan fingerprint density at radius 1 is 1.27 bits per heavy atom. The van der Waals surface area contributed by atoms with Gasteiger partial charge in [0.15, 0.2) is 0 Å². The van der Waals surface area contributed by atoms with E-state index in [0.717, 1.165) is 57.9 Å². The topological polar surface area (TPSA) is 84.4 Å². The summed E-state index contributed by atoms with van der Waals surface area (Å²) in [6.45, 7) is 2.18. The van der Waals surface area contributed by atoms with Crippen molar-refractivity contribution < 1.29 is 9.21 Å². The number of aromatic nitrogens is 1. The molecule has 0 atom stereocenters. The molecule has 1 amide bonds. The third kappa shape index (κ3) is 3.26. The van der Waals surface area contributed by atoms with Crippen LogP contribution in [0.2, 0.25) is 0 Å². The van der Waals surface area contributed by atoms with E-state index in [2.05, 4.69) is 17.3 Å². The van der Waals surface area contributed by atoms with E-state index < -0.39 is 0 Å². The molecule has 1 aliphatic heterocycles. The van der Waals surface area contributed by atoms with Gasteiger partial charge >= 0.3 is 0 Å². The van der Waals surface area contributed by atoms with Crippen LogP contribution in [0.4, 0.5) is 5.69 Å². The maximum Gasteiger partial charge on any atom is 0.263 e. The molecule has 0 aliphatic carbocycles. The fourth-order valence-electron chi connectivity index (χ4n) is 3.98. The van der Waals surface area contributed by atoms with Crippen LogP contribution in [0.25, 0.3) is 21.5 Å². The molecule has 0 fully saturated rings. The predicted octanol–water partition coefficient (Wildman–Crippen LogP) is 4.06. The summed E-state index contributed by atoms with van der Waals surface area (Å²) >= 11 is 1.35. The number of hydrogen-bond acceptors (Lipinski definition) is 6. The average Bonchev–Trinajstić information content (AvgIpc) is 3.40. The summed E-state index contributed by atoms with van der Waals surface area (Å²) in [7, 11) is 2.10. The molecule has 7 heteroatoms. The zero-order valence-electron chi connectivity index (χ0n) is 16.6. The monoisotopic (exact) mass is 418 g/mol. The number of nitrogens with two attached hydrogens (primary N) is 1. The fourth-order valence-corrected chi connectivity index (χ4v) is 5.02. The van der Waals surface area contributed by atoms with Gasteiger partial charge in [0.1, 0.15) is 15.5 Å². The van der Waals surface area contributed by atoms with Crippen molar-refractivity contribution in [3.8, 4) is 11.3 Å². The highest BCUT2D eigenvalue weighted by atomic mass is 32.1. The number of pyridine rings is 1. The lowest BCUT2D eigenvalue weighted by atomic mass is 9.95. The van der Waals surface area contributed by atoms with Crippen LogP contribution in [-0.4, -0.2) is 29.4 Å². The molecular weight excluding hydrogens is 396 g/mol. The van der Waals surface area contributed by atoms with Crippen LogP contribution in [0.3, 0.4) is 0 Å². The number of anilines is 1. The lowest BCUT2D eigenvalue weighted by Gasteiger charge is -2.26. The van der Waals surface area contributed by atoms with E-state index in [1.165, 1.54) is 11.3 Å². The Morgan fingerprint density at radius 3 is 2.87 bits per heavy atom. The zero-order valence-corrected chi connectivity index (χ0v) is 17.5. The highest BCUT2D eigenvalue weighted by Gasteiger charge is 2.27. The molecule has 4 aromatic rings. The second-order valence-corrected chi connectivity index (χ2v) is 8.57. The van der Waals surface area contributed by atoms with Crippen molar-refractivity contribution in [3.05, 3.63) is 70.4 Å². The zero-order chi connectivity index (χ0) is 20.7. The summed E-state index contributed by atoms with van der Waals surface area (Å²) in [4.78, 5) is 21.4. The van der Waals surface area contributed by atoms with Crippen LogP contribution in [0.15, 0.2) is 53.1 Å². The van der Waals surface area contributed by atoms with Crippen LogP contribution in [0, 0.1) is 0 Å². The van der Waals surface area contributed by atoms with Gasteiger partial charge in [-0.05, 0) is 30.3 Å². The quantitative estimate of drug-likeness (QED) is 0.522. The normalized spacial score (nSPS) is 14.0. The Bertz CT molecular complexity index is 1220. The summed E-state index contributed by atoms with van der Waals surface area (Å²) in [5.41, 5.74) is 11.2. The van der Waals surface area contributed by atoms with Gasteiger partial charge in [-0.3, -0.25) is 4.79 Å². The van der Waals surface area contributed by atoms with Crippen molar-refractivity contribution in [1.29, 1.82) is 0 Å². The van der Waals surface area contributed by atoms with Crippen LogP contribution < -0.4 is 11.1 Å². The van der Waals surface area contributed by atoms with E-state index in [-0.39, 0.29) is 5.91 Å². The van der Waals surface area contributed by atoms with Gasteiger partial charge in [0.2, 0.25) is 0 Å². The number of hydrogen-bond donors (Lipinski definition) is 2. The minimum Gasteiger partial charge on any atom is -0.464 e. The third-order valence-electron chi connectivity index (χ3n) is 5.49. The van der Waals surface area contributed by atoms with Gasteiger partial charge in [0, 0.05) is 42.7 Å². The van der Waals surface area contributed by atoms with Gasteiger partial charge in [0.25, 0.3) is 5.91 Å². The summed E-state index contributed by atoms with van der Waals surface area (Å²) in [5, 5.41) is 3.79. The van der Waals surface area contributed by atoms with Gasteiger partial charge in [-0.15, -0.1) is 11.3 Å². The number of benzene rings is 1. The highest BCUT2D eigenvalue weighted by Crippen LogP contribution is 2.43. The van der Waals surface area contributed by atoms with Gasteiger partial charge in [-0.2, -0.15) is 0 Å². The molecule has 1 aromatic carbocycles. The first-order valence-electron chi connectivity index (χ1n) is 9.90. The summed E-state index contributed by atoms with van der Waals surface area (Å²) in [6, 6.07) is 13.6. The summed E-state index contributed by atoms with van der Waals surface area (Å²) in [5.74, 6) is 0.578. The second-order valence-electron chi connectivity index (χ2n) is 7.57. The van der Waals surface area contributed by atoms with Gasteiger partial charge in [0.05, 0.1) is 12.0 Å². The van der Waals surface area contributed by atoms with Crippen LogP contribution in [0.1, 0.15) is 26.5 Å². The molecule has 30 heavy (non-hydrogen) atoms. The third-order valence-corrected chi connectivity index (χ3v) is 6.59. The SMILES string of the molecule is CN1CCc2nc3sc(C(=O)NCc4ccccc4)c(N)c3c(-c3ccco3)c2C1. The lowest BCUT2D eigenvalue weighted by molar-refractivity contribution is 0.0956. The van der Waals surface area contributed by atoms with E-state index >= 15 is 0 Å². The molecule has 4 heterocycles. The molecule has 0 unspecified atom stereocenters. The smallest absolute Gasteiger partial charge is 0.263 e. The van der Waals surface area contributed by atoms with Crippen molar-refractivity contribution in [2.75, 3.05) is 19.3 Å². The molecule has 1 aliphatic rings. The molecule has 5 rings (SSSR count). The highest BCUT2D eigenvalue weighted by molar-refractivity contribution is 7.21. The van der Waals surface area contributed by atoms with Crippen molar-refractivity contribution in [3.63, 3.8) is 0 Å². The van der Waals surface area contributed by atoms with Crippen molar-refractivity contribution in [2.24, 2.45) is 0 Å². The number of rotatable bonds is 4.